The molecule has 0 unspecified atom stereocenters. The van der Waals surface area contributed by atoms with Gasteiger partial charge in [0.2, 0.25) is 0 Å². The highest BCUT2D eigenvalue weighted by atomic mass is 127. The number of ether oxygens (including phenoxy) is 1. The minimum Gasteiger partial charge on any atom is -0.496 e. The molecule has 0 saturated carbocycles. The van der Waals surface area contributed by atoms with Crippen LogP contribution in [0.25, 0.3) is 11.1 Å². The molecule has 0 saturated heterocycles. The minimum atomic E-state index is 0.743. The number of rotatable bonds is 2. The van der Waals surface area contributed by atoms with E-state index in [1.807, 2.05) is 24.3 Å². The number of halogens is 3. The van der Waals surface area contributed by atoms with Gasteiger partial charge < -0.3 is 4.74 Å². The summed E-state index contributed by atoms with van der Waals surface area (Å²) in [5.74, 6) is 0.743. The molecule has 0 N–H and O–H groups in total. The highest BCUT2D eigenvalue weighted by Crippen LogP contribution is 2.35. The molecule has 0 heterocycles. The zero-order valence-electron chi connectivity index (χ0n) is 8.93. The molecule has 1 radical (unpaired) electrons. The smallest absolute Gasteiger partial charge is 0.127 e. The lowest BCUT2D eigenvalue weighted by Gasteiger charge is -2.09. The fraction of sp³-hybridized carbons (Fsp3) is 0.0769. The Labute approximate surface area is 131 Å². The molecular formula is C13H8Br2IO. The van der Waals surface area contributed by atoms with Gasteiger partial charge >= 0.3 is 0 Å². The third-order valence-corrected chi connectivity index (χ3v) is 4.39. The van der Waals surface area contributed by atoms with Crippen molar-refractivity contribution in [2.75, 3.05) is 7.11 Å². The zero-order chi connectivity index (χ0) is 12.4. The Kier molecular flexibility index (Phi) is 4.49. The van der Waals surface area contributed by atoms with Crippen molar-refractivity contribution >= 4 is 54.5 Å². The van der Waals surface area contributed by atoms with E-state index in [0.717, 1.165) is 29.4 Å². The highest BCUT2D eigenvalue weighted by Gasteiger charge is 2.09. The summed E-state index contributed by atoms with van der Waals surface area (Å²) in [5, 5.41) is 0. The number of hydrogen-bond donors (Lipinski definition) is 0. The van der Waals surface area contributed by atoms with Gasteiger partial charge in [0, 0.05) is 18.6 Å². The largest absolute Gasteiger partial charge is 0.496 e. The predicted molar refractivity (Wildman–Crippen MR) is 85.4 cm³/mol. The van der Waals surface area contributed by atoms with Crippen LogP contribution < -0.4 is 4.74 Å². The van der Waals surface area contributed by atoms with Gasteiger partial charge in [-0.15, -0.1) is 0 Å². The van der Waals surface area contributed by atoms with Crippen LogP contribution >= 0.6 is 54.5 Å². The van der Waals surface area contributed by atoms with Gasteiger partial charge in [-0.3, -0.25) is 0 Å². The van der Waals surface area contributed by atoms with Crippen LogP contribution in [0.1, 0.15) is 0 Å². The van der Waals surface area contributed by atoms with Gasteiger partial charge in [-0.2, -0.15) is 0 Å². The normalized spacial score (nSPS) is 10.4. The van der Waals surface area contributed by atoms with Gasteiger partial charge in [-0.05, 0) is 64.0 Å². The van der Waals surface area contributed by atoms with Gasteiger partial charge in [0.05, 0.1) is 7.11 Å². The maximum atomic E-state index is 5.22. The first-order valence-electron chi connectivity index (χ1n) is 4.82. The second kappa shape index (κ2) is 5.71. The van der Waals surface area contributed by atoms with E-state index in [4.69, 9.17) is 4.74 Å². The molecule has 0 aromatic heterocycles. The number of methoxy groups -OCH3 is 1. The first kappa shape index (κ1) is 13.4. The molecule has 1 nitrogen and oxygen atoms in total. The SMILES string of the molecule is COc1[c]cc(I)c(-c2cc(Br)ccc2Br)c1. The summed E-state index contributed by atoms with van der Waals surface area (Å²) in [6.07, 6.45) is 0. The summed E-state index contributed by atoms with van der Waals surface area (Å²) < 4.78 is 8.47. The van der Waals surface area contributed by atoms with E-state index in [1.165, 1.54) is 0 Å². The van der Waals surface area contributed by atoms with Crippen LogP contribution in [0.3, 0.4) is 0 Å². The summed E-state index contributed by atoms with van der Waals surface area (Å²) in [6, 6.07) is 13.1. The summed E-state index contributed by atoms with van der Waals surface area (Å²) in [6.45, 7) is 0. The summed E-state index contributed by atoms with van der Waals surface area (Å²) in [7, 11) is 1.65. The van der Waals surface area contributed by atoms with Gasteiger partial charge in [0.1, 0.15) is 5.75 Å². The standard InChI is InChI=1S/C13H8Br2IO/c1-17-9-3-5-13(16)11(7-9)10-6-8(14)2-4-12(10)15/h2,4-7H,1H3. The van der Waals surface area contributed by atoms with Crippen molar-refractivity contribution in [1.82, 2.24) is 0 Å². The van der Waals surface area contributed by atoms with Crippen LogP contribution in [0.15, 0.2) is 39.3 Å². The van der Waals surface area contributed by atoms with Gasteiger partial charge in [-0.1, -0.05) is 31.9 Å². The Morgan fingerprint density at radius 3 is 2.65 bits per heavy atom. The molecule has 0 aliphatic heterocycles. The van der Waals surface area contributed by atoms with Crippen LogP contribution in [0, 0.1) is 9.64 Å². The molecule has 2 aromatic carbocycles. The van der Waals surface area contributed by atoms with Crippen LogP contribution in [0.4, 0.5) is 0 Å². The van der Waals surface area contributed by atoms with Crippen molar-refractivity contribution in [3.05, 3.63) is 48.9 Å². The molecule has 0 bridgehead atoms. The highest BCUT2D eigenvalue weighted by molar-refractivity contribution is 14.1. The second-order valence-electron chi connectivity index (χ2n) is 3.39. The molecule has 0 aliphatic rings. The Morgan fingerprint density at radius 1 is 1.18 bits per heavy atom. The second-order valence-corrected chi connectivity index (χ2v) is 6.32. The van der Waals surface area contributed by atoms with E-state index in [2.05, 4.69) is 66.6 Å². The number of benzene rings is 2. The van der Waals surface area contributed by atoms with Gasteiger partial charge in [0.15, 0.2) is 0 Å². The Morgan fingerprint density at radius 2 is 1.94 bits per heavy atom. The predicted octanol–water partition coefficient (Wildman–Crippen LogP) is 5.29. The van der Waals surface area contributed by atoms with Crippen LogP contribution in [-0.2, 0) is 0 Å². The molecule has 17 heavy (non-hydrogen) atoms. The molecule has 0 atom stereocenters. The molecule has 2 rings (SSSR count). The van der Waals surface area contributed by atoms with E-state index in [1.54, 1.807) is 7.11 Å². The molecule has 87 valence electrons. The summed E-state index contributed by atoms with van der Waals surface area (Å²) in [4.78, 5) is 0. The molecule has 0 amide bonds. The maximum Gasteiger partial charge on any atom is 0.127 e. The average Bonchev–Trinajstić information content (AvgIpc) is 2.33. The van der Waals surface area contributed by atoms with Gasteiger partial charge in [-0.25, -0.2) is 0 Å². The summed E-state index contributed by atoms with van der Waals surface area (Å²) >= 11 is 9.37. The fourth-order valence-electron chi connectivity index (χ4n) is 1.48. The third kappa shape index (κ3) is 3.03. The molecule has 0 aliphatic carbocycles. The Bertz CT molecular complexity index is 555. The van der Waals surface area contributed by atoms with Crippen LogP contribution in [-0.4, -0.2) is 7.11 Å². The van der Waals surface area contributed by atoms with Crippen molar-refractivity contribution in [3.8, 4) is 16.9 Å². The topological polar surface area (TPSA) is 9.23 Å². The monoisotopic (exact) mass is 465 g/mol. The first-order chi connectivity index (χ1) is 8.11. The average molecular weight is 467 g/mol. The van der Waals surface area contributed by atoms with Crippen molar-refractivity contribution in [2.45, 2.75) is 0 Å². The van der Waals surface area contributed by atoms with Crippen molar-refractivity contribution < 1.29 is 4.74 Å². The first-order valence-corrected chi connectivity index (χ1v) is 7.49. The lowest BCUT2D eigenvalue weighted by molar-refractivity contribution is 0.414. The van der Waals surface area contributed by atoms with Crippen LogP contribution in [0.2, 0.25) is 0 Å². The van der Waals surface area contributed by atoms with Crippen molar-refractivity contribution in [3.63, 3.8) is 0 Å². The van der Waals surface area contributed by atoms with Crippen molar-refractivity contribution in [1.29, 1.82) is 0 Å². The molecule has 4 heteroatoms. The van der Waals surface area contributed by atoms with Crippen LogP contribution in [0.5, 0.6) is 5.75 Å². The molecule has 2 aromatic rings. The number of hydrogen-bond acceptors (Lipinski definition) is 1. The molecule has 0 spiro atoms. The lowest BCUT2D eigenvalue weighted by Crippen LogP contribution is -1.88. The van der Waals surface area contributed by atoms with Gasteiger partial charge in [0.25, 0.3) is 0 Å². The lowest BCUT2D eigenvalue weighted by atomic mass is 10.1. The fourth-order valence-corrected chi connectivity index (χ4v) is 2.91. The van der Waals surface area contributed by atoms with E-state index in [-0.39, 0.29) is 0 Å². The van der Waals surface area contributed by atoms with E-state index < -0.39 is 0 Å². The van der Waals surface area contributed by atoms with E-state index >= 15 is 0 Å². The third-order valence-electron chi connectivity index (χ3n) is 2.31. The molecular weight excluding hydrogens is 459 g/mol. The van der Waals surface area contributed by atoms with E-state index in [9.17, 15) is 0 Å². The van der Waals surface area contributed by atoms with Crippen molar-refractivity contribution in [2.24, 2.45) is 0 Å². The Hall–Kier alpha value is -0.0700. The maximum absolute atomic E-state index is 5.22. The quantitative estimate of drug-likeness (QED) is 0.546. The van der Waals surface area contributed by atoms with E-state index in [0.29, 0.717) is 0 Å². The minimum absolute atomic E-state index is 0.743. The zero-order valence-corrected chi connectivity index (χ0v) is 14.3. The Balaban J connectivity index is 2.62. The molecule has 0 fully saturated rings. The summed E-state index contributed by atoms with van der Waals surface area (Å²) in [5.41, 5.74) is 2.27.